The second kappa shape index (κ2) is 8.37. The summed E-state index contributed by atoms with van der Waals surface area (Å²) in [7, 11) is 0. The van der Waals surface area contributed by atoms with Gasteiger partial charge in [-0.3, -0.25) is 9.59 Å². The Morgan fingerprint density at radius 1 is 1.06 bits per heavy atom. The number of fused-ring (bicyclic) bond motifs is 1. The van der Waals surface area contributed by atoms with Gasteiger partial charge in [-0.1, -0.05) is 18.2 Å². The molecule has 9 heteroatoms. The number of alkyl halides is 3. The Balaban J connectivity index is 1.63. The van der Waals surface area contributed by atoms with Crippen LogP contribution in [0.3, 0.4) is 0 Å². The lowest BCUT2D eigenvalue weighted by molar-refractivity contribution is -0.137. The number of hydrogen-bond acceptors (Lipinski definition) is 4. The van der Waals surface area contributed by atoms with Crippen LogP contribution < -0.4 is 14.8 Å². The van der Waals surface area contributed by atoms with Crippen LogP contribution in [0.15, 0.2) is 42.5 Å². The minimum atomic E-state index is -4.49. The van der Waals surface area contributed by atoms with E-state index in [1.165, 1.54) is 11.0 Å². The quantitative estimate of drug-likeness (QED) is 0.773. The van der Waals surface area contributed by atoms with Gasteiger partial charge in [0.1, 0.15) is 0 Å². The number of halogens is 3. The molecule has 1 fully saturated rings. The molecule has 2 amide bonds. The third-order valence-corrected chi connectivity index (χ3v) is 5.64. The van der Waals surface area contributed by atoms with Crippen LogP contribution in [0.2, 0.25) is 0 Å². The van der Waals surface area contributed by atoms with Gasteiger partial charge in [-0.2, -0.15) is 13.2 Å². The molecule has 2 heterocycles. The molecule has 0 spiro atoms. The first kappa shape index (κ1) is 22.0. The highest BCUT2D eigenvalue weighted by atomic mass is 19.4. The minimum absolute atomic E-state index is 0.0752. The number of nitrogens with one attached hydrogen (secondary N) is 1. The largest absolute Gasteiger partial charge is 0.454 e. The molecule has 0 unspecified atom stereocenters. The first-order chi connectivity index (χ1) is 15.1. The number of rotatable bonds is 4. The second-order valence-corrected chi connectivity index (χ2v) is 8.28. The van der Waals surface area contributed by atoms with E-state index < -0.39 is 23.6 Å². The van der Waals surface area contributed by atoms with Crippen molar-refractivity contribution in [1.82, 2.24) is 10.2 Å². The summed E-state index contributed by atoms with van der Waals surface area (Å²) in [6.07, 6.45) is -4.49. The molecule has 1 N–H and O–H groups in total. The van der Waals surface area contributed by atoms with Crippen molar-refractivity contribution in [3.63, 3.8) is 0 Å². The van der Waals surface area contributed by atoms with Crippen molar-refractivity contribution < 1.29 is 32.2 Å². The Morgan fingerprint density at radius 2 is 1.81 bits per heavy atom. The van der Waals surface area contributed by atoms with E-state index in [1.54, 1.807) is 24.3 Å². The third kappa shape index (κ3) is 4.37. The lowest BCUT2D eigenvalue weighted by atomic mass is 9.87. The second-order valence-electron chi connectivity index (χ2n) is 8.28. The van der Waals surface area contributed by atoms with Gasteiger partial charge in [-0.25, -0.2) is 0 Å². The number of carbonyl (C=O) groups is 2. The summed E-state index contributed by atoms with van der Waals surface area (Å²) in [4.78, 5) is 27.5. The number of likely N-dealkylation sites (tertiary alicyclic amines) is 1. The molecule has 0 bridgehead atoms. The number of ether oxygens (including phenoxy) is 2. The smallest absolute Gasteiger partial charge is 0.416 e. The number of hydrogen-bond donors (Lipinski definition) is 1. The van der Waals surface area contributed by atoms with Crippen LogP contribution in [0.1, 0.15) is 41.3 Å². The highest BCUT2D eigenvalue weighted by Crippen LogP contribution is 2.38. The van der Waals surface area contributed by atoms with Gasteiger partial charge in [0.15, 0.2) is 11.5 Å². The molecule has 0 aliphatic carbocycles. The predicted octanol–water partition coefficient (Wildman–Crippen LogP) is 3.81. The van der Waals surface area contributed by atoms with Crippen LogP contribution in [0, 0.1) is 5.92 Å². The number of benzene rings is 2. The van der Waals surface area contributed by atoms with Gasteiger partial charge in [0.25, 0.3) is 5.91 Å². The van der Waals surface area contributed by atoms with E-state index in [1.807, 2.05) is 13.8 Å². The van der Waals surface area contributed by atoms with E-state index in [0.29, 0.717) is 22.6 Å². The zero-order chi connectivity index (χ0) is 23.0. The molecule has 2 aliphatic rings. The van der Waals surface area contributed by atoms with Gasteiger partial charge in [0, 0.05) is 30.6 Å². The average molecular weight is 448 g/mol. The highest BCUT2D eigenvalue weighted by molar-refractivity contribution is 5.96. The zero-order valence-corrected chi connectivity index (χ0v) is 17.6. The monoisotopic (exact) mass is 448 g/mol. The van der Waals surface area contributed by atoms with Crippen LogP contribution in [-0.4, -0.2) is 42.6 Å². The zero-order valence-electron chi connectivity index (χ0n) is 17.6. The molecule has 0 radical (unpaired) electrons. The van der Waals surface area contributed by atoms with E-state index in [2.05, 4.69) is 5.32 Å². The molecule has 6 nitrogen and oxygen atoms in total. The minimum Gasteiger partial charge on any atom is -0.454 e. The average Bonchev–Trinajstić information content (AvgIpc) is 3.39. The predicted molar refractivity (Wildman–Crippen MR) is 109 cm³/mol. The van der Waals surface area contributed by atoms with Crippen LogP contribution in [0.25, 0.3) is 0 Å². The normalized spacial score (nSPS) is 20.0. The van der Waals surface area contributed by atoms with Crippen LogP contribution in [-0.2, 0) is 11.0 Å². The lowest BCUT2D eigenvalue weighted by Gasteiger charge is -2.20. The van der Waals surface area contributed by atoms with E-state index in [-0.39, 0.29) is 37.7 Å². The van der Waals surface area contributed by atoms with E-state index in [4.69, 9.17) is 9.47 Å². The summed E-state index contributed by atoms with van der Waals surface area (Å²) in [6.45, 7) is 3.92. The number of nitrogens with zero attached hydrogens (tertiary/aromatic N) is 1. The van der Waals surface area contributed by atoms with Gasteiger partial charge in [0.2, 0.25) is 12.7 Å². The summed E-state index contributed by atoms with van der Waals surface area (Å²) in [5.74, 6) is -0.839. The highest BCUT2D eigenvalue weighted by Gasteiger charge is 2.42. The molecular formula is C23H23F3N2O4. The summed E-state index contributed by atoms with van der Waals surface area (Å²) in [5.41, 5.74) is -0.0368. The van der Waals surface area contributed by atoms with E-state index >= 15 is 0 Å². The summed E-state index contributed by atoms with van der Waals surface area (Å²) < 4.78 is 50.3. The van der Waals surface area contributed by atoms with Crippen molar-refractivity contribution in [2.75, 3.05) is 19.9 Å². The lowest BCUT2D eigenvalue weighted by Crippen LogP contribution is -2.39. The number of amides is 2. The molecule has 32 heavy (non-hydrogen) atoms. The van der Waals surface area contributed by atoms with Gasteiger partial charge in [0.05, 0.1) is 11.5 Å². The summed E-state index contributed by atoms with van der Waals surface area (Å²) in [5, 5.41) is 2.83. The third-order valence-electron chi connectivity index (χ3n) is 5.64. The Kier molecular flexibility index (Phi) is 5.75. The Labute approximate surface area is 183 Å². The van der Waals surface area contributed by atoms with Crippen molar-refractivity contribution >= 4 is 11.8 Å². The van der Waals surface area contributed by atoms with Gasteiger partial charge in [-0.05, 0) is 43.7 Å². The fourth-order valence-corrected chi connectivity index (χ4v) is 4.12. The maximum atomic E-state index is 13.3. The topological polar surface area (TPSA) is 67.9 Å². The molecule has 2 aliphatic heterocycles. The fraction of sp³-hybridized carbons (Fsp3) is 0.391. The molecule has 2 atom stereocenters. The van der Waals surface area contributed by atoms with Crippen molar-refractivity contribution in [3.8, 4) is 11.5 Å². The number of carbonyl (C=O) groups excluding carboxylic acids is 2. The van der Waals surface area contributed by atoms with Gasteiger partial charge >= 0.3 is 6.18 Å². The summed E-state index contributed by atoms with van der Waals surface area (Å²) in [6, 6.07) is 9.65. The SMILES string of the molecule is CC(C)NC(=O)[C@@H]1CN(C(=O)c2ccc3c(c2)OCO3)C[C@@H]1c1cccc(C(F)(F)F)c1. The van der Waals surface area contributed by atoms with Crippen LogP contribution >= 0.6 is 0 Å². The Bertz CT molecular complexity index is 1040. The maximum Gasteiger partial charge on any atom is 0.416 e. The molecular weight excluding hydrogens is 425 g/mol. The molecule has 0 saturated carbocycles. The first-order valence-electron chi connectivity index (χ1n) is 10.3. The van der Waals surface area contributed by atoms with Gasteiger partial charge < -0.3 is 19.7 Å². The molecule has 170 valence electrons. The molecule has 2 aromatic rings. The van der Waals surface area contributed by atoms with Gasteiger partial charge in [-0.15, -0.1) is 0 Å². The molecule has 1 saturated heterocycles. The van der Waals surface area contributed by atoms with Crippen molar-refractivity contribution in [2.24, 2.45) is 5.92 Å². The molecule has 2 aromatic carbocycles. The van der Waals surface area contributed by atoms with Crippen molar-refractivity contribution in [3.05, 3.63) is 59.2 Å². The standard InChI is InChI=1S/C23H23F3N2O4/c1-13(2)27-21(29)18-11-28(22(30)15-6-7-19-20(9-15)32-12-31-19)10-17(18)14-4-3-5-16(8-14)23(24,25)26/h3-9,13,17-18H,10-12H2,1-2H3,(H,27,29)/t17-,18-/m1/s1. The molecule has 0 aromatic heterocycles. The first-order valence-corrected chi connectivity index (χ1v) is 10.3. The maximum absolute atomic E-state index is 13.3. The fourth-order valence-electron chi connectivity index (χ4n) is 4.12. The Morgan fingerprint density at radius 3 is 2.53 bits per heavy atom. The van der Waals surface area contributed by atoms with E-state index in [0.717, 1.165) is 12.1 Å². The molecule has 4 rings (SSSR count). The van der Waals surface area contributed by atoms with Crippen LogP contribution in [0.4, 0.5) is 13.2 Å². The van der Waals surface area contributed by atoms with Crippen molar-refractivity contribution in [1.29, 1.82) is 0 Å². The van der Waals surface area contributed by atoms with Crippen molar-refractivity contribution in [2.45, 2.75) is 32.0 Å². The van der Waals surface area contributed by atoms with Crippen LogP contribution in [0.5, 0.6) is 11.5 Å². The Hall–Kier alpha value is -3.23. The summed E-state index contributed by atoms with van der Waals surface area (Å²) >= 11 is 0. The van der Waals surface area contributed by atoms with E-state index in [9.17, 15) is 22.8 Å².